The molecule has 1 N–H and O–H groups in total. The van der Waals surface area contributed by atoms with Gasteiger partial charge in [0.15, 0.2) is 0 Å². The van der Waals surface area contributed by atoms with Gasteiger partial charge >= 0.3 is 0 Å². The summed E-state index contributed by atoms with van der Waals surface area (Å²) in [6, 6.07) is 5.99. The van der Waals surface area contributed by atoms with Crippen LogP contribution in [0, 0.1) is 5.92 Å². The molecule has 1 aromatic rings. The minimum Gasteiger partial charge on any atom is -0.379 e. The van der Waals surface area contributed by atoms with E-state index in [0.717, 1.165) is 24.5 Å². The van der Waals surface area contributed by atoms with E-state index in [2.05, 4.69) is 24.1 Å². The van der Waals surface area contributed by atoms with Crippen LogP contribution in [-0.2, 0) is 22.6 Å². The molecule has 102 valence electrons. The maximum Gasteiger partial charge on any atom is 0.0889 e. The van der Waals surface area contributed by atoms with Crippen LogP contribution in [0.3, 0.4) is 0 Å². The third-order valence-corrected chi connectivity index (χ3v) is 2.30. The lowest BCUT2D eigenvalue weighted by Crippen LogP contribution is -2.10. The highest BCUT2D eigenvalue weighted by Crippen LogP contribution is 2.01. The van der Waals surface area contributed by atoms with Gasteiger partial charge in [-0.1, -0.05) is 19.9 Å². The standard InChI is InChI=1S/C14H24N2O2/c1-12(2)10-17-7-8-18-11-14-6-4-5-13(16-14)9-15-3/h4-6,12,15H,7-11H2,1-3H3. The van der Waals surface area contributed by atoms with Crippen molar-refractivity contribution >= 4 is 0 Å². The van der Waals surface area contributed by atoms with Crippen molar-refractivity contribution in [1.29, 1.82) is 0 Å². The van der Waals surface area contributed by atoms with Gasteiger partial charge in [-0.2, -0.15) is 0 Å². The van der Waals surface area contributed by atoms with E-state index < -0.39 is 0 Å². The van der Waals surface area contributed by atoms with Gasteiger partial charge < -0.3 is 14.8 Å². The van der Waals surface area contributed by atoms with Gasteiger partial charge in [-0.05, 0) is 25.1 Å². The molecule has 1 rings (SSSR count). The largest absolute Gasteiger partial charge is 0.379 e. The number of hydrogen-bond acceptors (Lipinski definition) is 4. The molecule has 1 aromatic heterocycles. The molecule has 0 aliphatic heterocycles. The van der Waals surface area contributed by atoms with Crippen LogP contribution in [0.1, 0.15) is 25.2 Å². The molecule has 4 nitrogen and oxygen atoms in total. The smallest absolute Gasteiger partial charge is 0.0889 e. The van der Waals surface area contributed by atoms with Crippen LogP contribution >= 0.6 is 0 Å². The first-order valence-electron chi connectivity index (χ1n) is 6.47. The normalized spacial score (nSPS) is 11.1. The lowest BCUT2D eigenvalue weighted by Gasteiger charge is -2.08. The predicted octanol–water partition coefficient (Wildman–Crippen LogP) is 1.99. The first kappa shape index (κ1) is 15.1. The third-order valence-electron chi connectivity index (χ3n) is 2.30. The highest BCUT2D eigenvalue weighted by atomic mass is 16.5. The maximum absolute atomic E-state index is 5.53. The zero-order chi connectivity index (χ0) is 13.2. The van der Waals surface area contributed by atoms with Crippen molar-refractivity contribution in [3.05, 3.63) is 29.6 Å². The van der Waals surface area contributed by atoms with Crippen molar-refractivity contribution in [2.24, 2.45) is 5.92 Å². The van der Waals surface area contributed by atoms with Crippen LogP contribution in [0.15, 0.2) is 18.2 Å². The summed E-state index contributed by atoms with van der Waals surface area (Å²) in [5.74, 6) is 0.574. The number of nitrogens with one attached hydrogen (secondary N) is 1. The van der Waals surface area contributed by atoms with E-state index in [4.69, 9.17) is 9.47 Å². The molecule has 0 bridgehead atoms. The Bertz CT molecular complexity index is 329. The van der Waals surface area contributed by atoms with Crippen LogP contribution in [0.5, 0.6) is 0 Å². The Morgan fingerprint density at radius 2 is 1.89 bits per heavy atom. The zero-order valence-corrected chi connectivity index (χ0v) is 11.6. The average Bonchev–Trinajstić information content (AvgIpc) is 2.34. The summed E-state index contributed by atoms with van der Waals surface area (Å²) in [4.78, 5) is 4.48. The van der Waals surface area contributed by atoms with Crippen molar-refractivity contribution in [2.45, 2.75) is 27.0 Å². The second-order valence-electron chi connectivity index (χ2n) is 4.67. The molecule has 0 aliphatic rings. The summed E-state index contributed by atoms with van der Waals surface area (Å²) >= 11 is 0. The van der Waals surface area contributed by atoms with Gasteiger partial charge in [0.1, 0.15) is 0 Å². The molecule has 0 radical (unpaired) electrons. The van der Waals surface area contributed by atoms with Crippen molar-refractivity contribution in [1.82, 2.24) is 10.3 Å². The molecule has 0 amide bonds. The Morgan fingerprint density at radius 3 is 2.61 bits per heavy atom. The van der Waals surface area contributed by atoms with E-state index in [1.165, 1.54) is 0 Å². The summed E-state index contributed by atoms with van der Waals surface area (Å²) in [5, 5.41) is 3.08. The van der Waals surface area contributed by atoms with Crippen LogP contribution in [0.25, 0.3) is 0 Å². The number of rotatable bonds is 9. The third kappa shape index (κ3) is 6.69. The molecule has 0 aliphatic carbocycles. The number of nitrogens with zero attached hydrogens (tertiary/aromatic N) is 1. The predicted molar refractivity (Wildman–Crippen MR) is 72.3 cm³/mol. The number of aromatic nitrogens is 1. The van der Waals surface area contributed by atoms with Crippen molar-refractivity contribution < 1.29 is 9.47 Å². The second-order valence-corrected chi connectivity index (χ2v) is 4.67. The topological polar surface area (TPSA) is 43.4 Å². The fourth-order valence-electron chi connectivity index (χ4n) is 1.50. The van der Waals surface area contributed by atoms with Crippen molar-refractivity contribution in [2.75, 3.05) is 26.9 Å². The van der Waals surface area contributed by atoms with Crippen molar-refractivity contribution in [3.8, 4) is 0 Å². The summed E-state index contributed by atoms with van der Waals surface area (Å²) in [7, 11) is 1.91. The van der Waals surface area contributed by atoms with Crippen LogP contribution in [-0.4, -0.2) is 31.9 Å². The van der Waals surface area contributed by atoms with Gasteiger partial charge in [-0.15, -0.1) is 0 Å². The van der Waals surface area contributed by atoms with Gasteiger partial charge in [-0.3, -0.25) is 4.98 Å². The summed E-state index contributed by atoms with van der Waals surface area (Å²) < 4.78 is 11.0. The van der Waals surface area contributed by atoms with E-state index in [1.54, 1.807) is 0 Å². The molecule has 0 fully saturated rings. The molecular weight excluding hydrogens is 228 g/mol. The maximum atomic E-state index is 5.53. The lowest BCUT2D eigenvalue weighted by molar-refractivity contribution is 0.0304. The van der Waals surface area contributed by atoms with E-state index in [9.17, 15) is 0 Å². The van der Waals surface area contributed by atoms with Crippen LogP contribution < -0.4 is 5.32 Å². The number of hydrogen-bond donors (Lipinski definition) is 1. The highest BCUT2D eigenvalue weighted by molar-refractivity contribution is 5.10. The van der Waals surface area contributed by atoms with Crippen molar-refractivity contribution in [3.63, 3.8) is 0 Å². The first-order chi connectivity index (χ1) is 8.72. The molecular formula is C14H24N2O2. The molecule has 1 heterocycles. The molecule has 4 heteroatoms. The van der Waals surface area contributed by atoms with E-state index in [-0.39, 0.29) is 0 Å². The molecule has 0 unspecified atom stereocenters. The Hall–Kier alpha value is -0.970. The summed E-state index contributed by atoms with van der Waals surface area (Å²) in [5.41, 5.74) is 2.00. The lowest BCUT2D eigenvalue weighted by atomic mass is 10.2. The molecule has 0 aromatic carbocycles. The van der Waals surface area contributed by atoms with Crippen LogP contribution in [0.2, 0.25) is 0 Å². The van der Waals surface area contributed by atoms with Gasteiger partial charge in [0.2, 0.25) is 0 Å². The van der Waals surface area contributed by atoms with Gasteiger partial charge in [0.05, 0.1) is 31.2 Å². The van der Waals surface area contributed by atoms with Gasteiger partial charge in [0, 0.05) is 13.2 Å². The molecule has 0 saturated carbocycles. The Kier molecular flexibility index (Phi) is 7.57. The molecule has 0 spiro atoms. The Balaban J connectivity index is 2.16. The molecule has 0 atom stereocenters. The monoisotopic (exact) mass is 252 g/mol. The van der Waals surface area contributed by atoms with Gasteiger partial charge in [-0.25, -0.2) is 0 Å². The zero-order valence-electron chi connectivity index (χ0n) is 11.6. The minimum absolute atomic E-state index is 0.544. The fraction of sp³-hybridized carbons (Fsp3) is 0.643. The first-order valence-corrected chi connectivity index (χ1v) is 6.47. The quantitative estimate of drug-likeness (QED) is 0.683. The minimum atomic E-state index is 0.544. The number of ether oxygens (including phenoxy) is 2. The van der Waals surface area contributed by atoms with E-state index in [0.29, 0.717) is 25.7 Å². The molecule has 0 saturated heterocycles. The fourth-order valence-corrected chi connectivity index (χ4v) is 1.50. The summed E-state index contributed by atoms with van der Waals surface area (Å²) in [6.45, 7) is 7.66. The summed E-state index contributed by atoms with van der Waals surface area (Å²) in [6.07, 6.45) is 0. The van der Waals surface area contributed by atoms with Gasteiger partial charge in [0.25, 0.3) is 0 Å². The van der Waals surface area contributed by atoms with Crippen LogP contribution in [0.4, 0.5) is 0 Å². The number of pyridine rings is 1. The SMILES string of the molecule is CNCc1cccc(COCCOCC(C)C)n1. The second kappa shape index (κ2) is 9.03. The Morgan fingerprint density at radius 1 is 1.17 bits per heavy atom. The highest BCUT2D eigenvalue weighted by Gasteiger charge is 1.98. The van der Waals surface area contributed by atoms with E-state index >= 15 is 0 Å². The Labute approximate surface area is 110 Å². The molecule has 18 heavy (non-hydrogen) atoms. The average molecular weight is 252 g/mol. The van der Waals surface area contributed by atoms with E-state index in [1.807, 2.05) is 25.2 Å².